The van der Waals surface area contributed by atoms with E-state index in [1.165, 1.54) is 17.1 Å². The monoisotopic (exact) mass is 223 g/mol. The number of hydrogen-bond donors (Lipinski definition) is 1. The lowest BCUT2D eigenvalue weighted by Crippen LogP contribution is -2.05. The summed E-state index contributed by atoms with van der Waals surface area (Å²) in [6.45, 7) is 0.320. The summed E-state index contributed by atoms with van der Waals surface area (Å²) in [6.07, 6.45) is 2.88. The second kappa shape index (κ2) is 4.01. The van der Waals surface area contributed by atoms with Gasteiger partial charge in [0.15, 0.2) is 5.76 Å². The average molecular weight is 223 g/mol. The van der Waals surface area contributed by atoms with Crippen LogP contribution in [-0.2, 0) is 13.6 Å². The Hall–Kier alpha value is -2.38. The van der Waals surface area contributed by atoms with Gasteiger partial charge in [-0.2, -0.15) is 0 Å². The van der Waals surface area contributed by atoms with Gasteiger partial charge in [0, 0.05) is 13.1 Å². The second-order valence-corrected chi connectivity index (χ2v) is 3.12. The van der Waals surface area contributed by atoms with Crippen molar-refractivity contribution in [2.45, 2.75) is 6.54 Å². The topological polar surface area (TPSA) is 99.0 Å². The first kappa shape index (κ1) is 10.1. The van der Waals surface area contributed by atoms with E-state index in [0.717, 1.165) is 0 Å². The maximum absolute atomic E-state index is 10.7. The number of anilines is 1. The van der Waals surface area contributed by atoms with Gasteiger partial charge < -0.3 is 20.0 Å². The van der Waals surface area contributed by atoms with Gasteiger partial charge in [0.25, 0.3) is 0 Å². The van der Waals surface area contributed by atoms with E-state index in [-0.39, 0.29) is 5.82 Å². The zero-order valence-corrected chi connectivity index (χ0v) is 8.45. The van der Waals surface area contributed by atoms with Crippen molar-refractivity contribution in [3.63, 3.8) is 0 Å². The molecular weight excluding hydrogens is 214 g/mol. The first-order valence-electron chi connectivity index (χ1n) is 4.47. The van der Waals surface area contributed by atoms with Crippen molar-refractivity contribution in [2.24, 2.45) is 7.05 Å². The zero-order chi connectivity index (χ0) is 11.5. The van der Waals surface area contributed by atoms with Gasteiger partial charge in [-0.15, -0.1) is 0 Å². The van der Waals surface area contributed by atoms with E-state index in [2.05, 4.69) is 15.5 Å². The lowest BCUT2D eigenvalue weighted by molar-refractivity contribution is -0.388. The molecule has 0 spiro atoms. The van der Waals surface area contributed by atoms with Crippen molar-refractivity contribution in [1.29, 1.82) is 0 Å². The lowest BCUT2D eigenvalue weighted by atomic mass is 10.4. The van der Waals surface area contributed by atoms with Crippen LogP contribution >= 0.6 is 0 Å². The molecule has 0 saturated carbocycles. The highest BCUT2D eigenvalue weighted by Crippen LogP contribution is 2.21. The van der Waals surface area contributed by atoms with E-state index in [9.17, 15) is 10.1 Å². The molecule has 2 aromatic heterocycles. The third kappa shape index (κ3) is 1.85. The van der Waals surface area contributed by atoms with E-state index < -0.39 is 4.92 Å². The number of aromatic nitrogens is 3. The third-order valence-corrected chi connectivity index (χ3v) is 2.01. The van der Waals surface area contributed by atoms with Crippen LogP contribution in [-0.4, -0.2) is 19.6 Å². The quantitative estimate of drug-likeness (QED) is 0.611. The van der Waals surface area contributed by atoms with E-state index in [0.29, 0.717) is 18.1 Å². The summed E-state index contributed by atoms with van der Waals surface area (Å²) in [4.78, 5) is 13.8. The Labute approximate surface area is 90.0 Å². The van der Waals surface area contributed by atoms with Gasteiger partial charge in [-0.25, -0.2) is 0 Å². The van der Waals surface area contributed by atoms with Gasteiger partial charge >= 0.3 is 5.82 Å². The normalized spacial score (nSPS) is 10.3. The Balaban J connectivity index is 2.14. The standard InChI is InChI=1S/C8H9N5O3/c1-12-5-10-8(13(14)15)7(12)9-4-6-2-3-11-16-6/h2-3,5,9H,4H2,1H3. The first-order valence-corrected chi connectivity index (χ1v) is 4.47. The second-order valence-electron chi connectivity index (χ2n) is 3.12. The maximum Gasteiger partial charge on any atom is 0.406 e. The fourth-order valence-electron chi connectivity index (χ4n) is 1.26. The summed E-state index contributed by atoms with van der Waals surface area (Å²) >= 11 is 0. The number of imidazole rings is 1. The van der Waals surface area contributed by atoms with Gasteiger partial charge in [-0.1, -0.05) is 5.16 Å². The van der Waals surface area contributed by atoms with Crippen LogP contribution in [0.15, 0.2) is 23.1 Å². The van der Waals surface area contributed by atoms with E-state index in [1.807, 2.05) is 0 Å². The molecule has 1 N–H and O–H groups in total. The van der Waals surface area contributed by atoms with Gasteiger partial charge in [-0.3, -0.25) is 4.57 Å². The molecule has 0 aliphatic rings. The van der Waals surface area contributed by atoms with Crippen LogP contribution in [0.4, 0.5) is 11.6 Å². The molecular formula is C8H9N5O3. The number of nitrogens with one attached hydrogen (secondary N) is 1. The molecule has 84 valence electrons. The molecule has 0 bridgehead atoms. The summed E-state index contributed by atoms with van der Waals surface area (Å²) in [6, 6.07) is 1.68. The molecule has 2 heterocycles. The molecule has 0 saturated heterocycles. The number of nitrogens with zero attached hydrogens (tertiary/aromatic N) is 4. The molecule has 8 heteroatoms. The molecule has 0 fully saturated rings. The number of hydrogen-bond acceptors (Lipinski definition) is 6. The predicted molar refractivity (Wildman–Crippen MR) is 53.7 cm³/mol. The Morgan fingerprint density at radius 2 is 2.50 bits per heavy atom. The zero-order valence-electron chi connectivity index (χ0n) is 8.45. The molecule has 0 radical (unpaired) electrons. The minimum absolute atomic E-state index is 0.206. The van der Waals surface area contributed by atoms with Crippen molar-refractivity contribution in [3.05, 3.63) is 34.5 Å². The van der Waals surface area contributed by atoms with Crippen LogP contribution < -0.4 is 5.32 Å². The molecule has 8 nitrogen and oxygen atoms in total. The van der Waals surface area contributed by atoms with E-state index in [4.69, 9.17) is 4.52 Å². The molecule has 0 aromatic carbocycles. The van der Waals surface area contributed by atoms with Crippen molar-refractivity contribution in [3.8, 4) is 0 Å². The summed E-state index contributed by atoms with van der Waals surface area (Å²) in [5, 5.41) is 17.1. The van der Waals surface area contributed by atoms with Crippen molar-refractivity contribution < 1.29 is 9.45 Å². The molecule has 0 aliphatic carbocycles. The Kier molecular flexibility index (Phi) is 2.54. The van der Waals surface area contributed by atoms with Crippen LogP contribution in [0, 0.1) is 10.1 Å². The Bertz CT molecular complexity index is 490. The molecule has 2 aromatic rings. The largest absolute Gasteiger partial charge is 0.406 e. The number of rotatable bonds is 4. The molecule has 0 atom stereocenters. The van der Waals surface area contributed by atoms with Crippen LogP contribution in [0.1, 0.15) is 5.76 Å². The summed E-state index contributed by atoms with van der Waals surface area (Å²) in [5.74, 6) is 0.721. The number of nitro groups is 1. The van der Waals surface area contributed by atoms with Crippen LogP contribution in [0.3, 0.4) is 0 Å². The lowest BCUT2D eigenvalue weighted by Gasteiger charge is -2.03. The van der Waals surface area contributed by atoms with Crippen molar-refractivity contribution in [2.75, 3.05) is 5.32 Å². The van der Waals surface area contributed by atoms with Crippen molar-refractivity contribution in [1.82, 2.24) is 14.7 Å². The highest BCUT2D eigenvalue weighted by atomic mass is 16.6. The smallest absolute Gasteiger partial charge is 0.360 e. The van der Waals surface area contributed by atoms with Crippen molar-refractivity contribution >= 4 is 11.6 Å². The van der Waals surface area contributed by atoms with Crippen LogP contribution in [0.5, 0.6) is 0 Å². The minimum atomic E-state index is -0.539. The van der Waals surface area contributed by atoms with Gasteiger partial charge in [-0.05, 0) is 9.91 Å². The summed E-state index contributed by atoms with van der Waals surface area (Å²) in [7, 11) is 1.67. The van der Waals surface area contributed by atoms with Crippen LogP contribution in [0.25, 0.3) is 0 Å². The fraction of sp³-hybridized carbons (Fsp3) is 0.250. The Morgan fingerprint density at radius 3 is 3.12 bits per heavy atom. The predicted octanol–water partition coefficient (Wildman–Crippen LogP) is 0.928. The van der Waals surface area contributed by atoms with E-state index in [1.54, 1.807) is 13.1 Å². The fourth-order valence-corrected chi connectivity index (χ4v) is 1.26. The van der Waals surface area contributed by atoms with Gasteiger partial charge in [0.2, 0.25) is 12.1 Å². The Morgan fingerprint density at radius 1 is 1.69 bits per heavy atom. The highest BCUT2D eigenvalue weighted by molar-refractivity contribution is 5.51. The summed E-state index contributed by atoms with van der Waals surface area (Å²) < 4.78 is 6.40. The average Bonchev–Trinajstić information content (AvgIpc) is 2.84. The molecule has 0 aliphatic heterocycles. The first-order chi connectivity index (χ1) is 7.68. The minimum Gasteiger partial charge on any atom is -0.360 e. The highest BCUT2D eigenvalue weighted by Gasteiger charge is 2.19. The van der Waals surface area contributed by atoms with E-state index >= 15 is 0 Å². The molecule has 2 rings (SSSR count). The van der Waals surface area contributed by atoms with Gasteiger partial charge in [0.1, 0.15) is 0 Å². The molecule has 0 amide bonds. The molecule has 0 unspecified atom stereocenters. The third-order valence-electron chi connectivity index (χ3n) is 2.01. The van der Waals surface area contributed by atoms with Gasteiger partial charge in [0.05, 0.1) is 12.7 Å². The molecule has 16 heavy (non-hydrogen) atoms. The van der Waals surface area contributed by atoms with Crippen LogP contribution in [0.2, 0.25) is 0 Å². The number of aryl methyl sites for hydroxylation is 1. The summed E-state index contributed by atoms with van der Waals surface area (Å²) in [5.41, 5.74) is 0. The maximum atomic E-state index is 10.7. The SMILES string of the molecule is Cn1cnc([N+](=O)[O-])c1NCc1ccno1.